The molecule has 0 saturated heterocycles. The zero-order valence-electron chi connectivity index (χ0n) is 9.98. The second kappa shape index (κ2) is 5.87. The molecule has 96 valence electrons. The molecule has 1 rings (SSSR count). The van der Waals surface area contributed by atoms with E-state index in [4.69, 9.17) is 0 Å². The van der Waals surface area contributed by atoms with Crippen molar-refractivity contribution in [2.24, 2.45) is 0 Å². The molecule has 1 N–H and O–H groups in total. The molecule has 0 radical (unpaired) electrons. The van der Waals surface area contributed by atoms with E-state index in [9.17, 15) is 13.2 Å². The molecule has 1 atom stereocenters. The SMILES string of the molecule is CCC(CNC1CC1)N(CC)CC(F)(F)F. The summed E-state index contributed by atoms with van der Waals surface area (Å²) in [6.07, 6.45) is -1.00. The molecular formula is C11H21F3N2. The summed E-state index contributed by atoms with van der Waals surface area (Å²) in [5.74, 6) is 0. The van der Waals surface area contributed by atoms with Crippen LogP contribution in [0.4, 0.5) is 13.2 Å². The van der Waals surface area contributed by atoms with Crippen LogP contribution in [0.25, 0.3) is 0 Å². The highest BCUT2D eigenvalue weighted by atomic mass is 19.4. The van der Waals surface area contributed by atoms with Gasteiger partial charge in [-0.15, -0.1) is 0 Å². The van der Waals surface area contributed by atoms with E-state index in [2.05, 4.69) is 5.32 Å². The highest BCUT2D eigenvalue weighted by molar-refractivity contribution is 4.84. The first kappa shape index (κ1) is 13.8. The van der Waals surface area contributed by atoms with Crippen LogP contribution in [-0.2, 0) is 0 Å². The fraction of sp³-hybridized carbons (Fsp3) is 1.00. The molecule has 0 spiro atoms. The van der Waals surface area contributed by atoms with Gasteiger partial charge in [0, 0.05) is 18.6 Å². The first-order chi connectivity index (χ1) is 7.46. The van der Waals surface area contributed by atoms with Gasteiger partial charge in [0.05, 0.1) is 6.54 Å². The molecule has 0 heterocycles. The van der Waals surface area contributed by atoms with Crippen LogP contribution in [0.1, 0.15) is 33.1 Å². The van der Waals surface area contributed by atoms with Gasteiger partial charge in [0.1, 0.15) is 0 Å². The number of hydrogen-bond acceptors (Lipinski definition) is 2. The highest BCUT2D eigenvalue weighted by Gasteiger charge is 2.33. The van der Waals surface area contributed by atoms with Crippen molar-refractivity contribution in [3.05, 3.63) is 0 Å². The fourth-order valence-electron chi connectivity index (χ4n) is 1.85. The number of nitrogens with zero attached hydrogens (tertiary/aromatic N) is 1. The Kier molecular flexibility index (Phi) is 5.05. The molecule has 5 heteroatoms. The second-order valence-corrected chi connectivity index (χ2v) is 4.42. The van der Waals surface area contributed by atoms with Crippen molar-refractivity contribution >= 4 is 0 Å². The van der Waals surface area contributed by atoms with Crippen molar-refractivity contribution in [3.63, 3.8) is 0 Å². The number of nitrogens with one attached hydrogen (secondary N) is 1. The molecule has 0 bridgehead atoms. The summed E-state index contributed by atoms with van der Waals surface area (Å²) in [6, 6.07) is 0.547. The molecule has 0 amide bonds. The Labute approximate surface area is 95.2 Å². The summed E-state index contributed by atoms with van der Waals surface area (Å²) in [6.45, 7) is 4.05. The lowest BCUT2D eigenvalue weighted by atomic mass is 10.2. The maximum absolute atomic E-state index is 12.3. The quantitative estimate of drug-likeness (QED) is 0.732. The van der Waals surface area contributed by atoms with E-state index in [-0.39, 0.29) is 6.04 Å². The maximum Gasteiger partial charge on any atom is 0.401 e. The van der Waals surface area contributed by atoms with Crippen molar-refractivity contribution in [2.45, 2.75) is 51.4 Å². The highest BCUT2D eigenvalue weighted by Crippen LogP contribution is 2.21. The number of halogens is 3. The van der Waals surface area contributed by atoms with Crippen LogP contribution in [0.15, 0.2) is 0 Å². The van der Waals surface area contributed by atoms with Gasteiger partial charge >= 0.3 is 6.18 Å². The van der Waals surface area contributed by atoms with Crippen molar-refractivity contribution in [3.8, 4) is 0 Å². The Balaban J connectivity index is 2.38. The minimum atomic E-state index is -4.09. The van der Waals surface area contributed by atoms with Crippen LogP contribution < -0.4 is 5.32 Å². The predicted molar refractivity (Wildman–Crippen MR) is 58.4 cm³/mol. The van der Waals surface area contributed by atoms with E-state index in [1.54, 1.807) is 6.92 Å². The number of likely N-dealkylation sites (N-methyl/N-ethyl adjacent to an activating group) is 1. The number of alkyl halides is 3. The third-order valence-corrected chi connectivity index (χ3v) is 3.00. The molecule has 1 aliphatic carbocycles. The van der Waals surface area contributed by atoms with Gasteiger partial charge in [0.25, 0.3) is 0 Å². The summed E-state index contributed by atoms with van der Waals surface area (Å²) in [5, 5.41) is 3.30. The van der Waals surface area contributed by atoms with Crippen LogP contribution in [0.3, 0.4) is 0 Å². The van der Waals surface area contributed by atoms with Crippen LogP contribution in [0.5, 0.6) is 0 Å². The molecule has 1 fully saturated rings. The van der Waals surface area contributed by atoms with Crippen LogP contribution in [-0.4, -0.2) is 42.8 Å². The summed E-state index contributed by atoms with van der Waals surface area (Å²) in [4.78, 5) is 1.51. The zero-order chi connectivity index (χ0) is 12.2. The molecule has 0 aromatic carbocycles. The minimum Gasteiger partial charge on any atom is -0.312 e. The minimum absolute atomic E-state index is 0.00720. The van der Waals surface area contributed by atoms with E-state index >= 15 is 0 Å². The van der Waals surface area contributed by atoms with E-state index in [1.807, 2.05) is 6.92 Å². The van der Waals surface area contributed by atoms with Crippen molar-refractivity contribution < 1.29 is 13.2 Å². The average molecular weight is 238 g/mol. The monoisotopic (exact) mass is 238 g/mol. The third kappa shape index (κ3) is 5.16. The van der Waals surface area contributed by atoms with Gasteiger partial charge in [0.2, 0.25) is 0 Å². The van der Waals surface area contributed by atoms with E-state index in [0.717, 1.165) is 6.42 Å². The van der Waals surface area contributed by atoms with Gasteiger partial charge in [-0.2, -0.15) is 13.2 Å². The maximum atomic E-state index is 12.3. The number of hydrogen-bond donors (Lipinski definition) is 1. The fourth-order valence-corrected chi connectivity index (χ4v) is 1.85. The largest absolute Gasteiger partial charge is 0.401 e. The number of rotatable bonds is 7. The molecule has 1 saturated carbocycles. The molecule has 1 unspecified atom stereocenters. The van der Waals surface area contributed by atoms with Crippen molar-refractivity contribution in [1.29, 1.82) is 0 Å². The lowest BCUT2D eigenvalue weighted by Gasteiger charge is -2.30. The van der Waals surface area contributed by atoms with E-state index < -0.39 is 12.7 Å². The van der Waals surface area contributed by atoms with Crippen molar-refractivity contribution in [1.82, 2.24) is 10.2 Å². The van der Waals surface area contributed by atoms with Gasteiger partial charge in [-0.3, -0.25) is 4.90 Å². The third-order valence-electron chi connectivity index (χ3n) is 3.00. The summed E-state index contributed by atoms with van der Waals surface area (Å²) in [5.41, 5.74) is 0. The first-order valence-electron chi connectivity index (χ1n) is 6.00. The molecule has 1 aliphatic rings. The lowest BCUT2D eigenvalue weighted by molar-refractivity contribution is -0.150. The Bertz CT molecular complexity index is 202. The normalized spacial score (nSPS) is 19.1. The van der Waals surface area contributed by atoms with E-state index in [1.165, 1.54) is 17.7 Å². The molecule has 0 aromatic rings. The van der Waals surface area contributed by atoms with Crippen LogP contribution in [0.2, 0.25) is 0 Å². The van der Waals surface area contributed by atoms with Gasteiger partial charge in [-0.25, -0.2) is 0 Å². The van der Waals surface area contributed by atoms with Gasteiger partial charge in [-0.05, 0) is 25.8 Å². The molecule has 16 heavy (non-hydrogen) atoms. The standard InChI is InChI=1S/C11H21F3N2/c1-3-10(7-15-9-5-6-9)16(4-2)8-11(12,13)14/h9-10,15H,3-8H2,1-2H3. The van der Waals surface area contributed by atoms with Crippen molar-refractivity contribution in [2.75, 3.05) is 19.6 Å². The summed E-state index contributed by atoms with van der Waals surface area (Å²) >= 11 is 0. The molecular weight excluding hydrogens is 217 g/mol. The molecule has 2 nitrogen and oxygen atoms in total. The van der Waals surface area contributed by atoms with Crippen LogP contribution in [0, 0.1) is 0 Å². The first-order valence-corrected chi connectivity index (χ1v) is 6.00. The summed E-state index contributed by atoms with van der Waals surface area (Å²) < 4.78 is 37.0. The molecule has 0 aromatic heterocycles. The molecule has 0 aliphatic heterocycles. The second-order valence-electron chi connectivity index (χ2n) is 4.42. The van der Waals surface area contributed by atoms with Crippen LogP contribution >= 0.6 is 0 Å². The van der Waals surface area contributed by atoms with Gasteiger partial charge < -0.3 is 5.32 Å². The lowest BCUT2D eigenvalue weighted by Crippen LogP contribution is -2.46. The summed E-state index contributed by atoms with van der Waals surface area (Å²) in [7, 11) is 0. The topological polar surface area (TPSA) is 15.3 Å². The average Bonchev–Trinajstić information content (AvgIpc) is 2.98. The van der Waals surface area contributed by atoms with Gasteiger partial charge in [0.15, 0.2) is 0 Å². The van der Waals surface area contributed by atoms with E-state index in [0.29, 0.717) is 19.1 Å². The predicted octanol–water partition coefficient (Wildman–Crippen LogP) is 2.40. The Morgan fingerprint density at radius 3 is 2.31 bits per heavy atom. The Morgan fingerprint density at radius 2 is 1.94 bits per heavy atom. The Hall–Kier alpha value is -0.290. The Morgan fingerprint density at radius 1 is 1.31 bits per heavy atom. The zero-order valence-corrected chi connectivity index (χ0v) is 9.98. The van der Waals surface area contributed by atoms with Gasteiger partial charge in [-0.1, -0.05) is 13.8 Å². The smallest absolute Gasteiger partial charge is 0.312 e.